The van der Waals surface area contributed by atoms with Crippen LogP contribution in [0.15, 0.2) is 18.2 Å². The van der Waals surface area contributed by atoms with E-state index >= 15 is 0 Å². The highest BCUT2D eigenvalue weighted by Crippen LogP contribution is 2.42. The van der Waals surface area contributed by atoms with Crippen molar-refractivity contribution in [2.75, 3.05) is 18.4 Å². The molecule has 9 nitrogen and oxygen atoms in total. The Labute approximate surface area is 151 Å². The standard InChI is InChI=1S/C16H15F2N3O6/c1-2-3-6-20-13(23)14(24)21(15(20)25)8-12(22)19-9-4-5-10-11(7-9)27-16(17,18)26-10/h4-5,7H,2-3,6,8H2,1H3,(H,19,22). The zero-order chi connectivity index (χ0) is 19.8. The van der Waals surface area contributed by atoms with Crippen molar-refractivity contribution in [3.63, 3.8) is 0 Å². The maximum Gasteiger partial charge on any atom is 0.586 e. The minimum atomic E-state index is -3.79. The van der Waals surface area contributed by atoms with Gasteiger partial charge in [0.15, 0.2) is 11.5 Å². The number of nitrogens with zero attached hydrogens (tertiary/aromatic N) is 2. The molecule has 27 heavy (non-hydrogen) atoms. The van der Waals surface area contributed by atoms with Gasteiger partial charge in [0.1, 0.15) is 6.54 Å². The highest BCUT2D eigenvalue weighted by molar-refractivity contribution is 6.45. The van der Waals surface area contributed by atoms with Crippen LogP contribution < -0.4 is 14.8 Å². The monoisotopic (exact) mass is 383 g/mol. The van der Waals surface area contributed by atoms with Gasteiger partial charge in [-0.25, -0.2) is 9.69 Å². The van der Waals surface area contributed by atoms with Gasteiger partial charge in [-0.3, -0.25) is 19.3 Å². The number of hydrogen-bond donors (Lipinski definition) is 1. The number of amides is 5. The third-order valence-corrected chi connectivity index (χ3v) is 3.86. The van der Waals surface area contributed by atoms with Crippen molar-refractivity contribution in [1.29, 1.82) is 0 Å². The predicted molar refractivity (Wildman–Crippen MR) is 85.0 cm³/mol. The molecule has 1 aromatic carbocycles. The lowest BCUT2D eigenvalue weighted by Gasteiger charge is -2.15. The molecule has 0 bridgehead atoms. The summed E-state index contributed by atoms with van der Waals surface area (Å²) in [6.07, 6.45) is -2.54. The molecule has 1 fully saturated rings. The van der Waals surface area contributed by atoms with E-state index in [4.69, 9.17) is 0 Å². The number of imide groups is 2. The maximum atomic E-state index is 13.0. The van der Waals surface area contributed by atoms with Gasteiger partial charge < -0.3 is 14.8 Å². The molecule has 0 atom stereocenters. The van der Waals surface area contributed by atoms with Gasteiger partial charge in [0.05, 0.1) is 0 Å². The fraction of sp³-hybridized carbons (Fsp3) is 0.375. The van der Waals surface area contributed by atoms with Crippen LogP contribution in [-0.4, -0.2) is 52.9 Å². The quantitative estimate of drug-likeness (QED) is 0.590. The zero-order valence-electron chi connectivity index (χ0n) is 14.2. The molecule has 2 aliphatic heterocycles. The first kappa shape index (κ1) is 18.5. The SMILES string of the molecule is CCCCN1C(=O)C(=O)N(CC(=O)Nc2ccc3c(c2)OC(F)(F)O3)C1=O. The molecular weight excluding hydrogens is 368 g/mol. The van der Waals surface area contributed by atoms with E-state index in [-0.39, 0.29) is 23.7 Å². The summed E-state index contributed by atoms with van der Waals surface area (Å²) in [7, 11) is 0. The van der Waals surface area contributed by atoms with Crippen molar-refractivity contribution in [3.8, 4) is 11.5 Å². The maximum absolute atomic E-state index is 13.0. The number of ether oxygens (including phenoxy) is 2. The minimum absolute atomic E-state index is 0.0910. The molecule has 1 aromatic rings. The average Bonchev–Trinajstić information content (AvgIpc) is 3.00. The van der Waals surface area contributed by atoms with Crippen LogP contribution >= 0.6 is 0 Å². The largest absolute Gasteiger partial charge is 0.586 e. The molecule has 1 N–H and O–H groups in total. The second kappa shape index (κ2) is 6.82. The molecule has 0 aliphatic carbocycles. The van der Waals surface area contributed by atoms with E-state index in [1.807, 2.05) is 6.92 Å². The summed E-state index contributed by atoms with van der Waals surface area (Å²) in [6.45, 7) is 1.27. The number of carbonyl (C=O) groups is 4. The zero-order valence-corrected chi connectivity index (χ0v) is 14.2. The summed E-state index contributed by atoms with van der Waals surface area (Å²) < 4.78 is 34.5. The van der Waals surface area contributed by atoms with Crippen LogP contribution in [0.2, 0.25) is 0 Å². The van der Waals surface area contributed by atoms with Crippen molar-refractivity contribution in [2.24, 2.45) is 0 Å². The number of carbonyl (C=O) groups excluding carboxylic acids is 4. The number of unbranched alkanes of at least 4 members (excludes halogenated alkanes) is 1. The summed E-state index contributed by atoms with van der Waals surface area (Å²) in [6, 6.07) is 2.71. The molecule has 0 spiro atoms. The van der Waals surface area contributed by atoms with E-state index in [0.29, 0.717) is 11.3 Å². The highest BCUT2D eigenvalue weighted by atomic mass is 19.3. The van der Waals surface area contributed by atoms with Gasteiger partial charge in [-0.1, -0.05) is 13.3 Å². The third-order valence-electron chi connectivity index (χ3n) is 3.86. The van der Waals surface area contributed by atoms with Gasteiger partial charge in [-0.2, -0.15) is 0 Å². The average molecular weight is 383 g/mol. The number of benzene rings is 1. The number of rotatable bonds is 6. The normalized spacial score (nSPS) is 17.7. The van der Waals surface area contributed by atoms with E-state index in [1.54, 1.807) is 0 Å². The Kier molecular flexibility index (Phi) is 4.68. The van der Waals surface area contributed by atoms with Gasteiger partial charge in [0, 0.05) is 18.3 Å². The number of alkyl halides is 2. The van der Waals surface area contributed by atoms with Gasteiger partial charge in [0.25, 0.3) is 0 Å². The Morgan fingerprint density at radius 3 is 2.48 bits per heavy atom. The second-order valence-electron chi connectivity index (χ2n) is 5.86. The van der Waals surface area contributed by atoms with E-state index in [2.05, 4.69) is 14.8 Å². The molecular formula is C16H15F2N3O6. The van der Waals surface area contributed by atoms with Crippen LogP contribution in [0.4, 0.5) is 19.3 Å². The number of anilines is 1. The van der Waals surface area contributed by atoms with E-state index < -0.39 is 36.6 Å². The number of hydrogen-bond acceptors (Lipinski definition) is 6. The van der Waals surface area contributed by atoms with Crippen LogP contribution in [0.25, 0.3) is 0 Å². The number of halogens is 2. The van der Waals surface area contributed by atoms with Crippen molar-refractivity contribution in [2.45, 2.75) is 26.1 Å². The highest BCUT2D eigenvalue weighted by Gasteiger charge is 2.45. The molecule has 0 unspecified atom stereocenters. The Morgan fingerprint density at radius 2 is 1.78 bits per heavy atom. The Morgan fingerprint density at radius 1 is 1.11 bits per heavy atom. The predicted octanol–water partition coefficient (Wildman–Crippen LogP) is 1.54. The summed E-state index contributed by atoms with van der Waals surface area (Å²) in [5, 5.41) is 2.34. The first-order chi connectivity index (χ1) is 12.7. The number of urea groups is 1. The minimum Gasteiger partial charge on any atom is -0.395 e. The van der Waals surface area contributed by atoms with Crippen LogP contribution in [0.1, 0.15) is 19.8 Å². The van der Waals surface area contributed by atoms with Crippen LogP contribution in [0.5, 0.6) is 11.5 Å². The van der Waals surface area contributed by atoms with Crippen LogP contribution in [0, 0.1) is 0 Å². The topological polar surface area (TPSA) is 105 Å². The fourth-order valence-electron chi connectivity index (χ4n) is 2.57. The molecule has 5 amide bonds. The second-order valence-corrected chi connectivity index (χ2v) is 5.86. The molecule has 0 aromatic heterocycles. The third kappa shape index (κ3) is 3.66. The number of fused-ring (bicyclic) bond motifs is 1. The summed E-state index contributed by atoms with van der Waals surface area (Å²) in [5.41, 5.74) is 0.0910. The smallest absolute Gasteiger partial charge is 0.395 e. The lowest BCUT2D eigenvalue weighted by Crippen LogP contribution is -2.39. The molecule has 0 saturated carbocycles. The number of nitrogens with one attached hydrogen (secondary N) is 1. The lowest BCUT2D eigenvalue weighted by atomic mass is 10.2. The Bertz CT molecular complexity index is 828. The van der Waals surface area contributed by atoms with Crippen molar-refractivity contribution >= 4 is 29.4 Å². The van der Waals surface area contributed by atoms with Gasteiger partial charge in [-0.15, -0.1) is 8.78 Å². The Balaban J connectivity index is 1.64. The van der Waals surface area contributed by atoms with E-state index in [9.17, 15) is 28.0 Å². The molecule has 3 rings (SSSR count). The molecule has 0 radical (unpaired) electrons. The fourth-order valence-corrected chi connectivity index (χ4v) is 2.57. The van der Waals surface area contributed by atoms with Gasteiger partial charge in [-0.05, 0) is 18.6 Å². The Hall–Kier alpha value is -3.24. The molecule has 1 saturated heterocycles. The van der Waals surface area contributed by atoms with Crippen LogP contribution in [-0.2, 0) is 14.4 Å². The first-order valence-corrected chi connectivity index (χ1v) is 8.09. The molecule has 2 aliphatic rings. The summed E-state index contributed by atoms with van der Waals surface area (Å²) >= 11 is 0. The van der Waals surface area contributed by atoms with Crippen LogP contribution in [0.3, 0.4) is 0 Å². The van der Waals surface area contributed by atoms with Crippen molar-refractivity contribution in [3.05, 3.63) is 18.2 Å². The summed E-state index contributed by atoms with van der Waals surface area (Å²) in [5.74, 6) is -3.32. The van der Waals surface area contributed by atoms with Crippen molar-refractivity contribution in [1.82, 2.24) is 9.80 Å². The molecule has 11 heteroatoms. The van der Waals surface area contributed by atoms with Gasteiger partial charge >= 0.3 is 24.1 Å². The first-order valence-electron chi connectivity index (χ1n) is 8.09. The van der Waals surface area contributed by atoms with E-state index in [1.165, 1.54) is 12.1 Å². The molecule has 144 valence electrons. The van der Waals surface area contributed by atoms with Crippen molar-refractivity contribution < 1.29 is 37.4 Å². The lowest BCUT2D eigenvalue weighted by molar-refractivity contribution is -0.286. The van der Waals surface area contributed by atoms with Gasteiger partial charge in [0.2, 0.25) is 5.91 Å². The summed E-state index contributed by atoms with van der Waals surface area (Å²) in [4.78, 5) is 49.3. The molecule has 2 heterocycles. The van der Waals surface area contributed by atoms with E-state index in [0.717, 1.165) is 17.4 Å².